The summed E-state index contributed by atoms with van der Waals surface area (Å²) in [5, 5.41) is 24.5. The number of hydrogen-bond acceptors (Lipinski definition) is 8. The molecule has 42 heavy (non-hydrogen) atoms. The quantitative estimate of drug-likeness (QED) is 0.176. The number of carbonyl (C=O) groups excluding carboxylic acids is 1. The maximum Gasteiger partial charge on any atom is 0.272 e. The fraction of sp³-hybridized carbons (Fsp3) is 0.310. The number of aromatic nitrogens is 4. The highest BCUT2D eigenvalue weighted by molar-refractivity contribution is 7.99. The average Bonchev–Trinajstić information content (AvgIpc) is 3.42. The number of aryl methyl sites for hydroxylation is 1. The van der Waals surface area contributed by atoms with Gasteiger partial charge in [0.1, 0.15) is 0 Å². The first kappa shape index (κ1) is 30.7. The van der Waals surface area contributed by atoms with Gasteiger partial charge in [-0.2, -0.15) is 0 Å². The van der Waals surface area contributed by atoms with Crippen LogP contribution in [0.2, 0.25) is 0 Å². The van der Waals surface area contributed by atoms with Crippen molar-refractivity contribution in [3.8, 4) is 11.1 Å². The molecule has 0 saturated carbocycles. The molecule has 2 heterocycles. The third kappa shape index (κ3) is 7.82. The molecule has 1 fully saturated rings. The lowest BCUT2D eigenvalue weighted by molar-refractivity contribution is -0.245. The second-order valence-electron chi connectivity index (χ2n) is 9.75. The Hall–Kier alpha value is -2.70. The zero-order chi connectivity index (χ0) is 29.7. The van der Waals surface area contributed by atoms with Gasteiger partial charge < -0.3 is 19.9 Å². The summed E-state index contributed by atoms with van der Waals surface area (Å²) in [5.74, 6) is -0.0452. The Morgan fingerprint density at radius 2 is 1.76 bits per heavy atom. The van der Waals surface area contributed by atoms with Crippen LogP contribution in [-0.2, 0) is 34.5 Å². The minimum atomic E-state index is -2.02. The molecule has 5 rings (SSSR count). The molecular formula is C29H28Cl3N5O4S. The van der Waals surface area contributed by atoms with Gasteiger partial charge in [0, 0.05) is 31.3 Å². The Balaban J connectivity index is 1.36. The number of halogens is 3. The molecular weight excluding hydrogens is 621 g/mol. The van der Waals surface area contributed by atoms with Crippen LogP contribution in [0.1, 0.15) is 41.1 Å². The molecule has 0 spiro atoms. The van der Waals surface area contributed by atoms with E-state index in [9.17, 15) is 9.90 Å². The van der Waals surface area contributed by atoms with E-state index >= 15 is 0 Å². The molecule has 1 aliphatic rings. The molecule has 0 radical (unpaired) electrons. The van der Waals surface area contributed by atoms with Crippen LogP contribution in [-0.4, -0.2) is 46.9 Å². The number of hydrogen-bond donors (Lipinski definition) is 2. The van der Waals surface area contributed by atoms with Crippen molar-refractivity contribution in [1.29, 1.82) is 0 Å². The highest BCUT2D eigenvalue weighted by atomic mass is 35.6. The largest absolute Gasteiger partial charge is 0.392 e. The van der Waals surface area contributed by atoms with Crippen LogP contribution in [0.4, 0.5) is 0 Å². The zero-order valence-electron chi connectivity index (χ0n) is 22.5. The fourth-order valence-corrected chi connectivity index (χ4v) is 5.61. The molecule has 0 unspecified atom stereocenters. The Morgan fingerprint density at radius 1 is 1.02 bits per heavy atom. The topological polar surface area (TPSA) is 111 Å². The summed E-state index contributed by atoms with van der Waals surface area (Å²) >= 11 is 18.5. The molecule has 1 aliphatic heterocycles. The molecule has 4 aromatic rings. The molecule has 3 aromatic carbocycles. The van der Waals surface area contributed by atoms with Crippen LogP contribution in [0.5, 0.6) is 0 Å². The van der Waals surface area contributed by atoms with E-state index in [-0.39, 0.29) is 25.4 Å². The summed E-state index contributed by atoms with van der Waals surface area (Å²) < 4.78 is 12.6. The number of alkyl halides is 3. The van der Waals surface area contributed by atoms with Crippen molar-refractivity contribution in [3.63, 3.8) is 0 Å². The first-order valence-electron chi connectivity index (χ1n) is 13.1. The van der Waals surface area contributed by atoms with Gasteiger partial charge in [-0.25, -0.2) is 4.68 Å². The number of nitrogens with one attached hydrogen (secondary N) is 1. The van der Waals surface area contributed by atoms with Crippen LogP contribution < -0.4 is 5.32 Å². The minimum absolute atomic E-state index is 0.0180. The SMILES string of the molecule is Cn1nnnc1SC[C@@H]1C[C@H](c2ccc(CO)cc2)O[C@H](c2cccc(-c3cccc(CNC(=O)C(Cl)(Cl)Cl)c3)c2)O1. The van der Waals surface area contributed by atoms with Gasteiger partial charge in [0.05, 0.1) is 18.8 Å². The van der Waals surface area contributed by atoms with E-state index in [2.05, 4.69) is 20.8 Å². The van der Waals surface area contributed by atoms with Crippen molar-refractivity contribution in [3.05, 3.63) is 95.1 Å². The van der Waals surface area contributed by atoms with Gasteiger partial charge in [-0.15, -0.1) is 5.10 Å². The van der Waals surface area contributed by atoms with E-state index in [1.165, 1.54) is 11.8 Å². The molecule has 9 nitrogen and oxygen atoms in total. The molecule has 1 aromatic heterocycles. The van der Waals surface area contributed by atoms with Gasteiger partial charge in [-0.3, -0.25) is 4.79 Å². The van der Waals surface area contributed by atoms with E-state index in [1.807, 2.05) is 72.8 Å². The number of amides is 1. The molecule has 2 N–H and O–H groups in total. The maximum atomic E-state index is 12.0. The van der Waals surface area contributed by atoms with Crippen LogP contribution in [0.25, 0.3) is 11.1 Å². The second-order valence-corrected chi connectivity index (χ2v) is 13.0. The number of tetrazole rings is 1. The predicted octanol–water partition coefficient (Wildman–Crippen LogP) is 5.69. The van der Waals surface area contributed by atoms with E-state index < -0.39 is 16.0 Å². The lowest BCUT2D eigenvalue weighted by atomic mass is 9.99. The summed E-state index contributed by atoms with van der Waals surface area (Å²) in [7, 11) is 1.80. The number of benzene rings is 3. The van der Waals surface area contributed by atoms with Gasteiger partial charge in [-0.1, -0.05) is 107 Å². The van der Waals surface area contributed by atoms with Crippen LogP contribution in [0.3, 0.4) is 0 Å². The summed E-state index contributed by atoms with van der Waals surface area (Å²) in [6, 6.07) is 23.5. The molecule has 1 saturated heterocycles. The minimum Gasteiger partial charge on any atom is -0.392 e. The summed E-state index contributed by atoms with van der Waals surface area (Å²) in [6.45, 7) is 0.196. The first-order valence-corrected chi connectivity index (χ1v) is 15.2. The Morgan fingerprint density at radius 3 is 2.45 bits per heavy atom. The van der Waals surface area contributed by atoms with Crippen molar-refractivity contribution in [2.75, 3.05) is 5.75 Å². The average molecular weight is 649 g/mol. The van der Waals surface area contributed by atoms with Crippen LogP contribution in [0.15, 0.2) is 78.0 Å². The standard InChI is InChI=1S/C29H28Cl3N5O4S/c1-37-28(34-35-36-37)42-17-24-14-25(20-10-8-18(16-38)9-11-20)41-26(40-24)23-7-3-6-22(13-23)21-5-2-4-19(12-21)15-33-27(39)29(30,31)32/h2-13,24-26,38H,14-17H2,1H3,(H,33,39)/t24-,25+,26+/m0/s1. The normalized spacial score (nSPS) is 19.0. The smallest absolute Gasteiger partial charge is 0.272 e. The van der Waals surface area contributed by atoms with E-state index in [0.29, 0.717) is 17.3 Å². The molecule has 1 amide bonds. The van der Waals surface area contributed by atoms with Crippen LogP contribution in [0, 0.1) is 0 Å². The van der Waals surface area contributed by atoms with Gasteiger partial charge in [0.25, 0.3) is 9.70 Å². The number of rotatable bonds is 9. The Labute approximate surface area is 262 Å². The summed E-state index contributed by atoms with van der Waals surface area (Å²) in [4.78, 5) is 12.0. The number of ether oxygens (including phenoxy) is 2. The number of carbonyl (C=O) groups is 1. The van der Waals surface area contributed by atoms with Gasteiger partial charge >= 0.3 is 0 Å². The highest BCUT2D eigenvalue weighted by Gasteiger charge is 2.33. The fourth-order valence-electron chi connectivity index (χ4n) is 4.54. The van der Waals surface area contributed by atoms with Crippen LogP contribution >= 0.6 is 46.6 Å². The van der Waals surface area contributed by atoms with Gasteiger partial charge in [0.15, 0.2) is 6.29 Å². The monoisotopic (exact) mass is 647 g/mol. The third-order valence-electron chi connectivity index (χ3n) is 6.72. The Kier molecular flexibility index (Phi) is 10.1. The number of thioether (sulfide) groups is 1. The lowest BCUT2D eigenvalue weighted by Crippen LogP contribution is -2.33. The van der Waals surface area contributed by atoms with Gasteiger partial charge in [0.2, 0.25) is 5.16 Å². The van der Waals surface area contributed by atoms with E-state index in [1.54, 1.807) is 11.7 Å². The third-order valence-corrected chi connectivity index (χ3v) is 8.38. The van der Waals surface area contributed by atoms with Crippen molar-refractivity contribution in [2.24, 2.45) is 7.05 Å². The molecule has 0 bridgehead atoms. The Bertz CT molecular complexity index is 1520. The maximum absolute atomic E-state index is 12.0. The van der Waals surface area contributed by atoms with Crippen molar-refractivity contribution in [2.45, 2.75) is 47.0 Å². The second kappa shape index (κ2) is 13.7. The van der Waals surface area contributed by atoms with Crippen molar-refractivity contribution in [1.82, 2.24) is 25.5 Å². The van der Waals surface area contributed by atoms with Gasteiger partial charge in [-0.05, 0) is 50.4 Å². The molecule has 13 heteroatoms. The number of nitrogens with zero attached hydrogens (tertiary/aromatic N) is 4. The van der Waals surface area contributed by atoms with Crippen molar-refractivity contribution >= 4 is 52.5 Å². The number of aliphatic hydroxyl groups is 1. The lowest BCUT2D eigenvalue weighted by Gasteiger charge is -2.36. The van der Waals surface area contributed by atoms with Crippen molar-refractivity contribution < 1.29 is 19.4 Å². The summed E-state index contributed by atoms with van der Waals surface area (Å²) in [6.07, 6.45) is -0.319. The number of aliphatic hydroxyl groups excluding tert-OH is 1. The van der Waals surface area contributed by atoms with E-state index in [4.69, 9.17) is 44.3 Å². The molecule has 220 valence electrons. The summed E-state index contributed by atoms with van der Waals surface area (Å²) in [5.41, 5.74) is 5.48. The molecule has 0 aliphatic carbocycles. The van der Waals surface area contributed by atoms with E-state index in [0.717, 1.165) is 33.4 Å². The highest BCUT2D eigenvalue weighted by Crippen LogP contribution is 2.40. The predicted molar refractivity (Wildman–Crippen MR) is 162 cm³/mol. The first-order chi connectivity index (χ1) is 20.2. The molecule has 3 atom stereocenters. The zero-order valence-corrected chi connectivity index (χ0v) is 25.6.